The summed E-state index contributed by atoms with van der Waals surface area (Å²) < 4.78 is 0. The van der Waals surface area contributed by atoms with Crippen LogP contribution in [0.15, 0.2) is 42.5 Å². The lowest BCUT2D eigenvalue weighted by Gasteiger charge is -2.14. The quantitative estimate of drug-likeness (QED) is 0.375. The van der Waals surface area contributed by atoms with Gasteiger partial charge in [-0.05, 0) is 47.7 Å². The third kappa shape index (κ3) is 7.33. The topological polar surface area (TPSA) is 86.2 Å². The van der Waals surface area contributed by atoms with Crippen LogP contribution in [0.5, 0.6) is 0 Å². The fourth-order valence-corrected chi connectivity index (χ4v) is 3.94. The van der Waals surface area contributed by atoms with Crippen LogP contribution in [0.1, 0.15) is 97.4 Å². The fourth-order valence-electron chi connectivity index (χ4n) is 3.94. The van der Waals surface area contributed by atoms with Crippen LogP contribution in [0.25, 0.3) is 11.1 Å². The Morgan fingerprint density at radius 3 is 1.90 bits per heavy atom. The molecule has 4 N–H and O–H groups in total. The van der Waals surface area contributed by atoms with Crippen LogP contribution < -0.4 is 11.5 Å². The molecule has 0 atom stereocenters. The lowest BCUT2D eigenvalue weighted by molar-refractivity contribution is 0.0989. The van der Waals surface area contributed by atoms with Crippen molar-refractivity contribution >= 4 is 11.8 Å². The van der Waals surface area contributed by atoms with E-state index in [4.69, 9.17) is 11.5 Å². The van der Waals surface area contributed by atoms with Crippen molar-refractivity contribution in [3.63, 3.8) is 0 Å². The normalized spacial score (nSPS) is 10.8. The highest BCUT2D eigenvalue weighted by atomic mass is 16.1. The number of carbonyl (C=O) groups is 2. The van der Waals surface area contributed by atoms with Gasteiger partial charge in [-0.2, -0.15) is 0 Å². The molecule has 0 radical (unpaired) electrons. The lowest BCUT2D eigenvalue weighted by Crippen LogP contribution is -2.15. The van der Waals surface area contributed by atoms with Gasteiger partial charge in [0.15, 0.2) is 0 Å². The van der Waals surface area contributed by atoms with Crippen molar-refractivity contribution in [2.24, 2.45) is 11.5 Å². The predicted molar refractivity (Wildman–Crippen MR) is 124 cm³/mol. The summed E-state index contributed by atoms with van der Waals surface area (Å²) >= 11 is 0. The Labute approximate surface area is 181 Å². The molecule has 0 aromatic heterocycles. The van der Waals surface area contributed by atoms with Crippen molar-refractivity contribution in [1.29, 1.82) is 0 Å². The van der Waals surface area contributed by atoms with E-state index in [9.17, 15) is 9.59 Å². The molecule has 2 amide bonds. The molecule has 0 unspecified atom stereocenters. The molecule has 2 rings (SSSR count). The number of unbranched alkanes of at least 4 members (excludes halogenated alkanes) is 9. The van der Waals surface area contributed by atoms with Gasteiger partial charge in [0.25, 0.3) is 0 Å². The van der Waals surface area contributed by atoms with Gasteiger partial charge in [-0.25, -0.2) is 0 Å². The summed E-state index contributed by atoms with van der Waals surface area (Å²) in [7, 11) is 0. The van der Waals surface area contributed by atoms with Crippen LogP contribution in [0.3, 0.4) is 0 Å². The van der Waals surface area contributed by atoms with E-state index in [1.54, 1.807) is 18.2 Å². The van der Waals surface area contributed by atoms with Crippen LogP contribution in [-0.2, 0) is 6.42 Å². The molecule has 0 fully saturated rings. The maximum atomic E-state index is 11.9. The van der Waals surface area contributed by atoms with Gasteiger partial charge >= 0.3 is 0 Å². The fraction of sp³-hybridized carbons (Fsp3) is 0.462. The molecule has 0 aliphatic rings. The van der Waals surface area contributed by atoms with Gasteiger partial charge in [0.2, 0.25) is 11.8 Å². The average Bonchev–Trinajstić information content (AvgIpc) is 2.74. The summed E-state index contributed by atoms with van der Waals surface area (Å²) in [6.45, 7) is 2.25. The van der Waals surface area contributed by atoms with Crippen molar-refractivity contribution in [1.82, 2.24) is 0 Å². The average molecular weight is 409 g/mol. The van der Waals surface area contributed by atoms with E-state index in [0.29, 0.717) is 16.7 Å². The SMILES string of the molecule is CCCCCCCCCCCCc1ccccc1-c1cc(C(N)=O)ccc1C(N)=O. The molecule has 2 aromatic rings. The molecule has 4 nitrogen and oxygen atoms in total. The number of rotatable bonds is 14. The molecular formula is C26H36N2O2. The zero-order valence-electron chi connectivity index (χ0n) is 18.3. The molecule has 2 aromatic carbocycles. The smallest absolute Gasteiger partial charge is 0.249 e. The molecule has 162 valence electrons. The first-order chi connectivity index (χ1) is 14.5. The number of aryl methyl sites for hydroxylation is 1. The first kappa shape index (κ1) is 23.7. The molecule has 0 saturated carbocycles. The Morgan fingerprint density at radius 2 is 1.30 bits per heavy atom. The van der Waals surface area contributed by atoms with Gasteiger partial charge in [-0.3, -0.25) is 9.59 Å². The summed E-state index contributed by atoms with van der Waals surface area (Å²) in [6.07, 6.45) is 13.9. The summed E-state index contributed by atoms with van der Waals surface area (Å²) in [4.78, 5) is 23.6. The van der Waals surface area contributed by atoms with Crippen LogP contribution in [0.2, 0.25) is 0 Å². The van der Waals surface area contributed by atoms with E-state index >= 15 is 0 Å². The number of amides is 2. The summed E-state index contributed by atoms with van der Waals surface area (Å²) in [5, 5.41) is 0. The van der Waals surface area contributed by atoms with Crippen LogP contribution in [-0.4, -0.2) is 11.8 Å². The highest BCUT2D eigenvalue weighted by Crippen LogP contribution is 2.29. The number of hydrogen-bond donors (Lipinski definition) is 2. The summed E-state index contributed by atoms with van der Waals surface area (Å²) in [6, 6.07) is 12.9. The van der Waals surface area contributed by atoms with E-state index in [-0.39, 0.29) is 0 Å². The van der Waals surface area contributed by atoms with E-state index < -0.39 is 11.8 Å². The largest absolute Gasteiger partial charge is 0.366 e. The minimum atomic E-state index is -0.514. The van der Waals surface area contributed by atoms with Crippen molar-refractivity contribution in [2.45, 2.75) is 77.6 Å². The van der Waals surface area contributed by atoms with Gasteiger partial charge < -0.3 is 11.5 Å². The summed E-state index contributed by atoms with van der Waals surface area (Å²) in [5.41, 5.74) is 14.6. The van der Waals surface area contributed by atoms with Crippen molar-refractivity contribution in [3.05, 3.63) is 59.2 Å². The van der Waals surface area contributed by atoms with Gasteiger partial charge in [-0.1, -0.05) is 89.0 Å². The second kappa shape index (κ2) is 12.8. The first-order valence-corrected chi connectivity index (χ1v) is 11.4. The van der Waals surface area contributed by atoms with Crippen molar-refractivity contribution in [2.75, 3.05) is 0 Å². The van der Waals surface area contributed by atoms with E-state index in [0.717, 1.165) is 18.4 Å². The number of nitrogens with two attached hydrogens (primary N) is 2. The highest BCUT2D eigenvalue weighted by Gasteiger charge is 2.15. The van der Waals surface area contributed by atoms with Gasteiger partial charge in [0, 0.05) is 11.1 Å². The number of hydrogen-bond acceptors (Lipinski definition) is 2. The van der Waals surface area contributed by atoms with E-state index in [1.165, 1.54) is 63.4 Å². The van der Waals surface area contributed by atoms with Gasteiger partial charge in [0.05, 0.1) is 0 Å². The van der Waals surface area contributed by atoms with Gasteiger partial charge in [0.1, 0.15) is 0 Å². The van der Waals surface area contributed by atoms with E-state index in [1.807, 2.05) is 18.2 Å². The lowest BCUT2D eigenvalue weighted by atomic mass is 9.91. The van der Waals surface area contributed by atoms with Crippen molar-refractivity contribution in [3.8, 4) is 11.1 Å². The Kier molecular flexibility index (Phi) is 10.1. The highest BCUT2D eigenvalue weighted by molar-refractivity contribution is 6.03. The zero-order valence-corrected chi connectivity index (χ0v) is 18.3. The maximum absolute atomic E-state index is 11.9. The Bertz CT molecular complexity index is 830. The Morgan fingerprint density at radius 1 is 0.700 bits per heavy atom. The van der Waals surface area contributed by atoms with Crippen LogP contribution in [0.4, 0.5) is 0 Å². The molecule has 0 bridgehead atoms. The molecule has 0 aliphatic heterocycles. The minimum absolute atomic E-state index is 0.378. The number of carbonyl (C=O) groups excluding carboxylic acids is 2. The van der Waals surface area contributed by atoms with Crippen molar-refractivity contribution < 1.29 is 9.59 Å². The molecule has 0 saturated heterocycles. The molecule has 4 heteroatoms. The Hall–Kier alpha value is -2.62. The maximum Gasteiger partial charge on any atom is 0.249 e. The Balaban J connectivity index is 1.96. The predicted octanol–water partition coefficient (Wildman–Crippen LogP) is 6.01. The van der Waals surface area contributed by atoms with Crippen LogP contribution in [0, 0.1) is 0 Å². The third-order valence-corrected chi connectivity index (χ3v) is 5.68. The third-order valence-electron chi connectivity index (χ3n) is 5.68. The van der Waals surface area contributed by atoms with Crippen LogP contribution >= 0.6 is 0 Å². The standard InChI is InChI=1S/C26H36N2O2/c1-2-3-4-5-6-7-8-9-10-11-14-20-15-12-13-16-22(20)24-19-21(25(27)29)17-18-23(24)26(28)30/h12-13,15-19H,2-11,14H2,1H3,(H2,27,29)(H2,28,30). The van der Waals surface area contributed by atoms with E-state index in [2.05, 4.69) is 13.0 Å². The monoisotopic (exact) mass is 408 g/mol. The summed E-state index contributed by atoms with van der Waals surface area (Å²) in [5.74, 6) is -1.02. The zero-order chi connectivity index (χ0) is 21.8. The minimum Gasteiger partial charge on any atom is -0.366 e. The molecule has 0 spiro atoms. The van der Waals surface area contributed by atoms with Gasteiger partial charge in [-0.15, -0.1) is 0 Å². The molecular weight excluding hydrogens is 372 g/mol. The molecule has 0 aliphatic carbocycles. The number of benzene rings is 2. The second-order valence-electron chi connectivity index (χ2n) is 8.08. The molecule has 0 heterocycles. The second-order valence-corrected chi connectivity index (χ2v) is 8.08. The number of primary amides is 2. The first-order valence-electron chi connectivity index (χ1n) is 11.4. The molecule has 30 heavy (non-hydrogen) atoms.